The van der Waals surface area contributed by atoms with Crippen molar-refractivity contribution in [2.45, 2.75) is 19.1 Å². The molecule has 1 fully saturated rings. The Balaban J connectivity index is 2.17. The predicted molar refractivity (Wildman–Crippen MR) is 65.9 cm³/mol. The van der Waals surface area contributed by atoms with Gasteiger partial charge in [-0.2, -0.15) is 0 Å². The molecule has 0 amide bonds. The van der Waals surface area contributed by atoms with Crippen molar-refractivity contribution < 1.29 is 19.0 Å². The van der Waals surface area contributed by atoms with Crippen LogP contribution >= 0.6 is 0 Å². The van der Waals surface area contributed by atoms with Crippen LogP contribution in [0.25, 0.3) is 0 Å². The van der Waals surface area contributed by atoms with E-state index in [1.165, 1.54) is 0 Å². The normalized spacial score (nSPS) is 23.6. The lowest BCUT2D eigenvalue weighted by Crippen LogP contribution is -2.39. The summed E-state index contributed by atoms with van der Waals surface area (Å²) in [6, 6.07) is 7.22. The number of esters is 1. The SMILES string of the molecule is CCOC(=O)C1OCCOC1c1ccc(N)cc1. The van der Waals surface area contributed by atoms with E-state index >= 15 is 0 Å². The number of hydrogen-bond acceptors (Lipinski definition) is 5. The number of nitrogen functional groups attached to an aromatic ring is 1. The average molecular weight is 251 g/mol. The van der Waals surface area contributed by atoms with Gasteiger partial charge >= 0.3 is 5.97 Å². The van der Waals surface area contributed by atoms with Gasteiger partial charge in [0, 0.05) is 5.69 Å². The highest BCUT2D eigenvalue weighted by Crippen LogP contribution is 2.28. The molecule has 18 heavy (non-hydrogen) atoms. The molecule has 1 aliphatic heterocycles. The molecule has 1 aromatic rings. The summed E-state index contributed by atoms with van der Waals surface area (Å²) in [7, 11) is 0. The van der Waals surface area contributed by atoms with Crippen LogP contribution in [0.3, 0.4) is 0 Å². The van der Waals surface area contributed by atoms with Crippen LogP contribution in [0.15, 0.2) is 24.3 Å². The fourth-order valence-corrected chi connectivity index (χ4v) is 1.90. The topological polar surface area (TPSA) is 70.8 Å². The summed E-state index contributed by atoms with van der Waals surface area (Å²) in [5.74, 6) is -0.390. The van der Waals surface area contributed by atoms with E-state index in [2.05, 4.69) is 0 Å². The van der Waals surface area contributed by atoms with E-state index in [1.54, 1.807) is 19.1 Å². The Kier molecular flexibility index (Phi) is 4.17. The number of rotatable bonds is 3. The van der Waals surface area contributed by atoms with Gasteiger partial charge in [0.15, 0.2) is 6.10 Å². The fourth-order valence-electron chi connectivity index (χ4n) is 1.90. The molecule has 1 aromatic carbocycles. The molecule has 0 spiro atoms. The number of anilines is 1. The summed E-state index contributed by atoms with van der Waals surface area (Å²) >= 11 is 0. The van der Waals surface area contributed by atoms with Gasteiger partial charge in [0.05, 0.1) is 19.8 Å². The highest BCUT2D eigenvalue weighted by Gasteiger charge is 2.35. The maximum Gasteiger partial charge on any atom is 0.338 e. The Morgan fingerprint density at radius 2 is 2.00 bits per heavy atom. The zero-order valence-electron chi connectivity index (χ0n) is 10.3. The Morgan fingerprint density at radius 3 is 2.67 bits per heavy atom. The summed E-state index contributed by atoms with van der Waals surface area (Å²) in [5.41, 5.74) is 7.17. The van der Waals surface area contributed by atoms with Gasteiger partial charge in [0.2, 0.25) is 0 Å². The quantitative estimate of drug-likeness (QED) is 0.647. The van der Waals surface area contributed by atoms with Gasteiger partial charge in [-0.3, -0.25) is 0 Å². The summed E-state index contributed by atoms with van der Waals surface area (Å²) < 4.78 is 16.1. The summed E-state index contributed by atoms with van der Waals surface area (Å²) in [6.45, 7) is 2.95. The molecule has 0 aromatic heterocycles. The van der Waals surface area contributed by atoms with Gasteiger partial charge in [-0.1, -0.05) is 12.1 Å². The molecule has 0 saturated carbocycles. The van der Waals surface area contributed by atoms with Gasteiger partial charge in [-0.05, 0) is 24.6 Å². The lowest BCUT2D eigenvalue weighted by Gasteiger charge is -2.30. The molecule has 1 saturated heterocycles. The average Bonchev–Trinajstić information content (AvgIpc) is 2.40. The van der Waals surface area contributed by atoms with Crippen LogP contribution in [0.5, 0.6) is 0 Å². The van der Waals surface area contributed by atoms with Crippen molar-refractivity contribution in [1.82, 2.24) is 0 Å². The second-order valence-corrected chi connectivity index (χ2v) is 4.00. The Morgan fingerprint density at radius 1 is 1.33 bits per heavy atom. The van der Waals surface area contributed by atoms with Crippen molar-refractivity contribution in [1.29, 1.82) is 0 Å². The number of nitrogens with two attached hydrogens (primary N) is 1. The van der Waals surface area contributed by atoms with E-state index in [-0.39, 0.29) is 5.97 Å². The molecule has 2 atom stereocenters. The van der Waals surface area contributed by atoms with Crippen LogP contribution in [0, 0.1) is 0 Å². The number of carbonyl (C=O) groups is 1. The molecule has 5 heteroatoms. The van der Waals surface area contributed by atoms with Crippen LogP contribution in [0.2, 0.25) is 0 Å². The zero-order valence-corrected chi connectivity index (χ0v) is 10.3. The van der Waals surface area contributed by atoms with Crippen molar-refractivity contribution in [3.8, 4) is 0 Å². The van der Waals surface area contributed by atoms with Gasteiger partial charge in [0.25, 0.3) is 0 Å². The third-order valence-electron chi connectivity index (χ3n) is 2.74. The lowest BCUT2D eigenvalue weighted by atomic mass is 10.0. The van der Waals surface area contributed by atoms with Gasteiger partial charge < -0.3 is 19.9 Å². The summed E-state index contributed by atoms with van der Waals surface area (Å²) in [6.07, 6.45) is -1.14. The molecule has 0 aliphatic carbocycles. The predicted octanol–water partition coefficient (Wildman–Crippen LogP) is 1.29. The molecule has 0 radical (unpaired) electrons. The van der Waals surface area contributed by atoms with E-state index in [1.807, 2.05) is 12.1 Å². The lowest BCUT2D eigenvalue weighted by molar-refractivity contribution is -0.186. The summed E-state index contributed by atoms with van der Waals surface area (Å²) in [5, 5.41) is 0. The molecule has 98 valence electrons. The van der Waals surface area contributed by atoms with E-state index in [0.717, 1.165) is 5.56 Å². The van der Waals surface area contributed by atoms with E-state index in [9.17, 15) is 4.79 Å². The van der Waals surface area contributed by atoms with Crippen LogP contribution in [0.4, 0.5) is 5.69 Å². The molecule has 1 heterocycles. The van der Waals surface area contributed by atoms with Crippen molar-refractivity contribution >= 4 is 11.7 Å². The molecule has 2 N–H and O–H groups in total. The first-order chi connectivity index (χ1) is 8.72. The van der Waals surface area contributed by atoms with Crippen LogP contribution in [0.1, 0.15) is 18.6 Å². The first-order valence-electron chi connectivity index (χ1n) is 5.97. The highest BCUT2D eigenvalue weighted by atomic mass is 16.6. The van der Waals surface area contributed by atoms with Gasteiger partial charge in [-0.15, -0.1) is 0 Å². The summed E-state index contributed by atoms with van der Waals surface area (Å²) in [4.78, 5) is 11.8. The number of hydrogen-bond donors (Lipinski definition) is 1. The Bertz CT molecular complexity index is 404. The van der Waals surface area contributed by atoms with Gasteiger partial charge in [-0.25, -0.2) is 4.79 Å². The molecule has 5 nitrogen and oxygen atoms in total. The number of ether oxygens (including phenoxy) is 3. The maximum absolute atomic E-state index is 11.8. The van der Waals surface area contributed by atoms with Crippen LogP contribution in [-0.2, 0) is 19.0 Å². The Labute approximate surface area is 106 Å². The smallest absolute Gasteiger partial charge is 0.338 e. The minimum Gasteiger partial charge on any atom is -0.464 e. The standard InChI is InChI=1S/C13H17NO4/c1-2-16-13(15)12-11(17-7-8-18-12)9-3-5-10(14)6-4-9/h3-6,11-12H,2,7-8,14H2,1H3. The first-order valence-corrected chi connectivity index (χ1v) is 5.97. The van der Waals surface area contributed by atoms with E-state index in [0.29, 0.717) is 25.5 Å². The molecule has 1 aliphatic rings. The van der Waals surface area contributed by atoms with E-state index in [4.69, 9.17) is 19.9 Å². The first kappa shape index (κ1) is 12.9. The zero-order chi connectivity index (χ0) is 13.0. The molecular formula is C13H17NO4. The largest absolute Gasteiger partial charge is 0.464 e. The maximum atomic E-state index is 11.8. The number of benzene rings is 1. The molecular weight excluding hydrogens is 234 g/mol. The highest BCUT2D eigenvalue weighted by molar-refractivity contribution is 5.76. The van der Waals surface area contributed by atoms with Crippen molar-refractivity contribution in [2.24, 2.45) is 0 Å². The van der Waals surface area contributed by atoms with Gasteiger partial charge in [0.1, 0.15) is 6.10 Å². The van der Waals surface area contributed by atoms with Crippen LogP contribution in [-0.4, -0.2) is 31.9 Å². The molecule has 2 unspecified atom stereocenters. The van der Waals surface area contributed by atoms with Crippen molar-refractivity contribution in [3.05, 3.63) is 29.8 Å². The van der Waals surface area contributed by atoms with Crippen molar-refractivity contribution in [2.75, 3.05) is 25.6 Å². The second-order valence-electron chi connectivity index (χ2n) is 4.00. The minimum absolute atomic E-state index is 0.327. The minimum atomic E-state index is -0.706. The van der Waals surface area contributed by atoms with Crippen molar-refractivity contribution in [3.63, 3.8) is 0 Å². The second kappa shape index (κ2) is 5.84. The third-order valence-corrected chi connectivity index (χ3v) is 2.74. The van der Waals surface area contributed by atoms with Crippen LogP contribution < -0.4 is 5.73 Å². The molecule has 2 rings (SSSR count). The Hall–Kier alpha value is -1.59. The van der Waals surface area contributed by atoms with E-state index < -0.39 is 12.2 Å². The fraction of sp³-hybridized carbons (Fsp3) is 0.462. The number of carbonyl (C=O) groups excluding carboxylic acids is 1. The third kappa shape index (κ3) is 2.80. The molecule has 0 bridgehead atoms. The monoisotopic (exact) mass is 251 g/mol.